The maximum atomic E-state index is 5.91. The summed E-state index contributed by atoms with van der Waals surface area (Å²) in [7, 11) is 5.73. The van der Waals surface area contributed by atoms with Crippen LogP contribution in [-0.2, 0) is 19.5 Å². The SMILES string of the molecule is CCOc1cc2c(cc1CNC(=NC)NCc1cccc(N(C)C)n1)OC(C)C2.I. The summed E-state index contributed by atoms with van der Waals surface area (Å²) in [5.74, 6) is 3.48. The Balaban J connectivity index is 0.00000320. The van der Waals surface area contributed by atoms with Crippen LogP contribution in [0.3, 0.4) is 0 Å². The van der Waals surface area contributed by atoms with Gasteiger partial charge in [0.2, 0.25) is 0 Å². The third-order valence-electron chi connectivity index (χ3n) is 4.74. The Bertz CT molecular complexity index is 873. The van der Waals surface area contributed by atoms with Crippen molar-refractivity contribution in [2.45, 2.75) is 39.5 Å². The monoisotopic (exact) mass is 525 g/mol. The molecule has 1 atom stereocenters. The Hall–Kier alpha value is -2.23. The molecule has 0 fully saturated rings. The van der Waals surface area contributed by atoms with Crippen LogP contribution in [0.15, 0.2) is 35.3 Å². The van der Waals surface area contributed by atoms with E-state index in [2.05, 4.69) is 39.7 Å². The topological polar surface area (TPSA) is 71.0 Å². The van der Waals surface area contributed by atoms with Gasteiger partial charge in [0.25, 0.3) is 0 Å². The molecular formula is C22H32IN5O2. The lowest BCUT2D eigenvalue weighted by molar-refractivity contribution is 0.254. The third-order valence-corrected chi connectivity index (χ3v) is 4.74. The van der Waals surface area contributed by atoms with Crippen molar-refractivity contribution < 1.29 is 9.47 Å². The van der Waals surface area contributed by atoms with Crippen molar-refractivity contribution in [3.63, 3.8) is 0 Å². The van der Waals surface area contributed by atoms with Crippen LogP contribution >= 0.6 is 24.0 Å². The highest BCUT2D eigenvalue weighted by molar-refractivity contribution is 14.0. The van der Waals surface area contributed by atoms with Crippen molar-refractivity contribution in [1.29, 1.82) is 0 Å². The number of ether oxygens (including phenoxy) is 2. The number of aromatic nitrogens is 1. The largest absolute Gasteiger partial charge is 0.494 e. The quantitative estimate of drug-likeness (QED) is 0.329. The second-order valence-electron chi connectivity index (χ2n) is 7.29. The van der Waals surface area contributed by atoms with E-state index in [9.17, 15) is 0 Å². The lowest BCUT2D eigenvalue weighted by atomic mass is 10.1. The fraction of sp³-hybridized carbons (Fsp3) is 0.455. The van der Waals surface area contributed by atoms with Gasteiger partial charge in [0.05, 0.1) is 18.8 Å². The van der Waals surface area contributed by atoms with Gasteiger partial charge in [-0.2, -0.15) is 0 Å². The molecule has 8 heteroatoms. The first-order chi connectivity index (χ1) is 14.0. The van der Waals surface area contributed by atoms with Gasteiger partial charge in [-0.1, -0.05) is 6.07 Å². The molecular weight excluding hydrogens is 493 g/mol. The van der Waals surface area contributed by atoms with E-state index in [1.807, 2.05) is 44.1 Å². The normalized spacial score (nSPS) is 15.0. The zero-order valence-corrected chi connectivity index (χ0v) is 20.7. The molecule has 0 radical (unpaired) electrons. The molecule has 0 aliphatic carbocycles. The second kappa shape index (κ2) is 11.2. The van der Waals surface area contributed by atoms with Crippen LogP contribution < -0.4 is 25.0 Å². The summed E-state index contributed by atoms with van der Waals surface area (Å²) in [5, 5.41) is 6.68. The molecule has 2 aromatic rings. The third kappa shape index (κ3) is 6.13. The Morgan fingerprint density at radius 3 is 2.73 bits per heavy atom. The van der Waals surface area contributed by atoms with E-state index in [-0.39, 0.29) is 30.1 Å². The summed E-state index contributed by atoms with van der Waals surface area (Å²) in [6.45, 7) is 5.89. The van der Waals surface area contributed by atoms with Crippen LogP contribution in [-0.4, -0.2) is 44.8 Å². The Morgan fingerprint density at radius 1 is 1.27 bits per heavy atom. The fourth-order valence-corrected chi connectivity index (χ4v) is 3.30. The minimum absolute atomic E-state index is 0. The molecule has 1 aliphatic rings. The van der Waals surface area contributed by atoms with Crippen LogP contribution in [0.5, 0.6) is 11.5 Å². The summed E-state index contributed by atoms with van der Waals surface area (Å²) in [6, 6.07) is 10.2. The molecule has 0 bridgehead atoms. The van der Waals surface area contributed by atoms with Crippen molar-refractivity contribution in [3.05, 3.63) is 47.2 Å². The van der Waals surface area contributed by atoms with Gasteiger partial charge in [-0.3, -0.25) is 4.99 Å². The zero-order chi connectivity index (χ0) is 20.8. The number of anilines is 1. The second-order valence-corrected chi connectivity index (χ2v) is 7.29. The van der Waals surface area contributed by atoms with Crippen molar-refractivity contribution in [2.24, 2.45) is 4.99 Å². The Kier molecular flexibility index (Phi) is 9.01. The van der Waals surface area contributed by atoms with Crippen LogP contribution in [0.1, 0.15) is 30.7 Å². The highest BCUT2D eigenvalue weighted by Gasteiger charge is 2.21. The van der Waals surface area contributed by atoms with Gasteiger partial charge in [0.1, 0.15) is 23.4 Å². The van der Waals surface area contributed by atoms with Gasteiger partial charge >= 0.3 is 0 Å². The Morgan fingerprint density at radius 2 is 2.03 bits per heavy atom. The zero-order valence-electron chi connectivity index (χ0n) is 18.4. The average molecular weight is 525 g/mol. The predicted octanol–water partition coefficient (Wildman–Crippen LogP) is 3.35. The van der Waals surface area contributed by atoms with Crippen molar-refractivity contribution in [3.8, 4) is 11.5 Å². The molecule has 0 saturated carbocycles. The number of benzene rings is 1. The average Bonchev–Trinajstić information content (AvgIpc) is 3.07. The maximum absolute atomic E-state index is 5.91. The molecule has 0 amide bonds. The molecule has 30 heavy (non-hydrogen) atoms. The minimum atomic E-state index is 0. The van der Waals surface area contributed by atoms with Gasteiger partial charge in [0, 0.05) is 45.2 Å². The molecule has 1 aromatic carbocycles. The number of hydrogen-bond donors (Lipinski definition) is 2. The number of rotatable bonds is 7. The highest BCUT2D eigenvalue weighted by Crippen LogP contribution is 2.35. The van der Waals surface area contributed by atoms with Crippen LogP contribution in [0.2, 0.25) is 0 Å². The van der Waals surface area contributed by atoms with Crippen molar-refractivity contribution in [1.82, 2.24) is 15.6 Å². The van der Waals surface area contributed by atoms with Gasteiger partial charge in [0.15, 0.2) is 5.96 Å². The summed E-state index contributed by atoms with van der Waals surface area (Å²) < 4.78 is 11.8. The molecule has 3 rings (SSSR count). The molecule has 2 N–H and O–H groups in total. The van der Waals surface area contributed by atoms with Gasteiger partial charge in [-0.15, -0.1) is 24.0 Å². The molecule has 7 nitrogen and oxygen atoms in total. The summed E-state index contributed by atoms with van der Waals surface area (Å²) in [4.78, 5) is 10.9. The van der Waals surface area contributed by atoms with E-state index in [4.69, 9.17) is 9.47 Å². The summed E-state index contributed by atoms with van der Waals surface area (Å²) in [5.41, 5.74) is 3.21. The maximum Gasteiger partial charge on any atom is 0.191 e. The van der Waals surface area contributed by atoms with E-state index in [0.29, 0.717) is 25.7 Å². The van der Waals surface area contributed by atoms with Crippen LogP contribution in [0.4, 0.5) is 5.82 Å². The summed E-state index contributed by atoms with van der Waals surface area (Å²) >= 11 is 0. The lowest BCUT2D eigenvalue weighted by Gasteiger charge is -2.16. The number of nitrogens with one attached hydrogen (secondary N) is 2. The molecule has 1 unspecified atom stereocenters. The number of halogens is 1. The predicted molar refractivity (Wildman–Crippen MR) is 132 cm³/mol. The minimum Gasteiger partial charge on any atom is -0.494 e. The van der Waals surface area contributed by atoms with Crippen LogP contribution in [0.25, 0.3) is 0 Å². The number of fused-ring (bicyclic) bond motifs is 1. The van der Waals surface area contributed by atoms with Crippen molar-refractivity contribution in [2.75, 3.05) is 32.6 Å². The number of guanidine groups is 1. The number of aliphatic imine (C=N–C) groups is 1. The first-order valence-electron chi connectivity index (χ1n) is 10.0. The Labute approximate surface area is 196 Å². The van der Waals surface area contributed by atoms with Gasteiger partial charge in [-0.05, 0) is 38.1 Å². The molecule has 1 aliphatic heterocycles. The van der Waals surface area contributed by atoms with E-state index in [1.165, 1.54) is 5.56 Å². The van der Waals surface area contributed by atoms with Gasteiger partial charge < -0.3 is 25.0 Å². The van der Waals surface area contributed by atoms with Gasteiger partial charge in [-0.25, -0.2) is 4.98 Å². The molecule has 164 valence electrons. The van der Waals surface area contributed by atoms with E-state index in [0.717, 1.165) is 35.0 Å². The fourth-order valence-electron chi connectivity index (χ4n) is 3.30. The molecule has 0 spiro atoms. The van der Waals surface area contributed by atoms with Crippen molar-refractivity contribution >= 4 is 35.8 Å². The smallest absolute Gasteiger partial charge is 0.191 e. The summed E-state index contributed by atoms with van der Waals surface area (Å²) in [6.07, 6.45) is 1.13. The number of nitrogens with zero attached hydrogens (tertiary/aromatic N) is 3. The highest BCUT2D eigenvalue weighted by atomic mass is 127. The standard InChI is InChI=1S/C22H31N5O2.HI/c1-6-28-19-11-16-10-15(2)29-20(16)12-17(19)13-24-22(23-3)25-14-18-8-7-9-21(26-18)27(4)5;/h7-9,11-12,15H,6,10,13-14H2,1-5H3,(H2,23,24,25);1H. The first-order valence-corrected chi connectivity index (χ1v) is 10.0. The van der Waals surface area contributed by atoms with E-state index in [1.54, 1.807) is 7.05 Å². The molecule has 2 heterocycles. The van der Waals surface area contributed by atoms with Crippen LogP contribution in [0, 0.1) is 0 Å². The molecule has 0 saturated heterocycles. The number of pyridine rings is 1. The van der Waals surface area contributed by atoms with E-state index >= 15 is 0 Å². The van der Waals surface area contributed by atoms with E-state index < -0.39 is 0 Å². The number of hydrogen-bond acceptors (Lipinski definition) is 5. The first kappa shape index (κ1) is 24.0. The lowest BCUT2D eigenvalue weighted by Crippen LogP contribution is -2.36. The molecule has 1 aromatic heterocycles.